The van der Waals surface area contributed by atoms with Crippen molar-refractivity contribution in [3.8, 4) is 5.75 Å². The molecule has 2 rings (SSSR count). The average Bonchev–Trinajstić information content (AvgIpc) is 2.76. The normalized spacial score (nSPS) is 12.3. The van der Waals surface area contributed by atoms with Crippen LogP contribution in [0, 0.1) is 0 Å². The van der Waals surface area contributed by atoms with Gasteiger partial charge in [-0.2, -0.15) is 13.2 Å². The van der Waals surface area contributed by atoms with Gasteiger partial charge in [0, 0.05) is 12.1 Å². The van der Waals surface area contributed by atoms with Crippen LogP contribution >= 0.6 is 0 Å². The molecule has 0 aliphatic carbocycles. The van der Waals surface area contributed by atoms with E-state index in [2.05, 4.69) is 0 Å². The van der Waals surface area contributed by atoms with Crippen molar-refractivity contribution in [2.45, 2.75) is 58.9 Å². The Labute approximate surface area is 204 Å². The highest BCUT2D eigenvalue weighted by Gasteiger charge is 2.34. The van der Waals surface area contributed by atoms with E-state index in [0.717, 1.165) is 41.4 Å². The fourth-order valence-electron chi connectivity index (χ4n) is 3.42. The van der Waals surface area contributed by atoms with E-state index in [1.54, 1.807) is 38.1 Å². The van der Waals surface area contributed by atoms with Gasteiger partial charge in [-0.15, -0.1) is 0 Å². The summed E-state index contributed by atoms with van der Waals surface area (Å²) in [5.41, 5.74) is 0.339. The van der Waals surface area contributed by atoms with E-state index in [0.29, 0.717) is 17.5 Å². The number of halogens is 3. The number of rotatable bonds is 12. The van der Waals surface area contributed by atoms with Gasteiger partial charge in [-0.3, -0.25) is 4.31 Å². The van der Waals surface area contributed by atoms with Crippen LogP contribution in [0.15, 0.2) is 48.5 Å². The van der Waals surface area contributed by atoms with Crippen LogP contribution in [0.2, 0.25) is 0 Å². The topological polar surface area (TPSA) is 83.9 Å². The quantitative estimate of drug-likeness (QED) is 0.273. The third-order valence-corrected chi connectivity index (χ3v) is 7.11. The van der Waals surface area contributed by atoms with Gasteiger partial charge in [0.2, 0.25) is 10.0 Å². The fourth-order valence-corrected chi connectivity index (χ4v) is 5.28. The summed E-state index contributed by atoms with van der Waals surface area (Å²) in [5.74, 6) is -1.40. The maximum Gasteiger partial charge on any atom is 0.416 e. The summed E-state index contributed by atoms with van der Waals surface area (Å²) >= 11 is 0. The molecule has 0 bridgehead atoms. The van der Waals surface area contributed by atoms with Crippen molar-refractivity contribution >= 4 is 27.8 Å². The molecule has 2 aromatic rings. The van der Waals surface area contributed by atoms with Crippen LogP contribution in [0.4, 0.5) is 18.9 Å². The first-order valence-corrected chi connectivity index (χ1v) is 12.8. The molecule has 0 aliphatic heterocycles. The molecule has 2 aromatic carbocycles. The lowest BCUT2D eigenvalue weighted by molar-refractivity contribution is -0.137. The zero-order chi connectivity index (χ0) is 26.2. The monoisotopic (exact) mass is 513 g/mol. The first kappa shape index (κ1) is 28.2. The molecule has 0 aromatic heterocycles. The lowest BCUT2D eigenvalue weighted by atomic mass is 10.1. The molecule has 0 unspecified atom stereocenters. The van der Waals surface area contributed by atoms with E-state index in [-0.39, 0.29) is 23.8 Å². The van der Waals surface area contributed by atoms with Crippen molar-refractivity contribution in [2.24, 2.45) is 0 Å². The number of ether oxygens (including phenoxy) is 1. The Morgan fingerprint density at radius 2 is 1.77 bits per heavy atom. The molecule has 0 aliphatic rings. The Morgan fingerprint density at radius 3 is 2.31 bits per heavy atom. The summed E-state index contributed by atoms with van der Waals surface area (Å²) < 4.78 is 73.3. The van der Waals surface area contributed by atoms with Gasteiger partial charge in [0.15, 0.2) is 0 Å². The van der Waals surface area contributed by atoms with Crippen LogP contribution in [0.1, 0.15) is 56.7 Å². The summed E-state index contributed by atoms with van der Waals surface area (Å²) in [6.45, 7) is 5.15. The predicted molar refractivity (Wildman–Crippen MR) is 130 cm³/mol. The maximum atomic E-state index is 13.4. The Hall–Kier alpha value is -3.01. The molecule has 0 amide bonds. The van der Waals surface area contributed by atoms with Crippen LogP contribution in [0.25, 0.3) is 6.08 Å². The molecule has 10 heteroatoms. The molecule has 0 saturated heterocycles. The molecule has 0 saturated carbocycles. The summed E-state index contributed by atoms with van der Waals surface area (Å²) in [5, 5.41) is 8.71. The molecule has 1 N–H and O–H groups in total. The molecule has 192 valence electrons. The number of carboxylic acid groups (broad SMARTS) is 1. The molecular formula is C25H30F3NO5S. The zero-order valence-electron chi connectivity index (χ0n) is 19.9. The van der Waals surface area contributed by atoms with Gasteiger partial charge in [-0.1, -0.05) is 44.0 Å². The van der Waals surface area contributed by atoms with E-state index in [4.69, 9.17) is 9.84 Å². The summed E-state index contributed by atoms with van der Waals surface area (Å²) in [4.78, 5) is 10.6. The van der Waals surface area contributed by atoms with E-state index in [1.807, 2.05) is 6.92 Å². The number of carbonyl (C=O) groups is 1. The first-order chi connectivity index (χ1) is 16.3. The van der Waals surface area contributed by atoms with Gasteiger partial charge in [0.1, 0.15) is 12.4 Å². The minimum absolute atomic E-state index is 0.0468. The van der Waals surface area contributed by atoms with E-state index >= 15 is 0 Å². The second-order valence-electron chi connectivity index (χ2n) is 8.29. The molecular weight excluding hydrogens is 483 g/mol. The van der Waals surface area contributed by atoms with Gasteiger partial charge in [-0.05, 0) is 55.7 Å². The summed E-state index contributed by atoms with van der Waals surface area (Å²) in [7, 11) is -3.80. The van der Waals surface area contributed by atoms with Gasteiger partial charge < -0.3 is 9.84 Å². The van der Waals surface area contributed by atoms with E-state index in [9.17, 15) is 26.4 Å². The van der Waals surface area contributed by atoms with Crippen molar-refractivity contribution in [1.82, 2.24) is 0 Å². The highest BCUT2D eigenvalue weighted by molar-refractivity contribution is 7.92. The van der Waals surface area contributed by atoms with Gasteiger partial charge in [-0.25, -0.2) is 13.2 Å². The molecule has 35 heavy (non-hydrogen) atoms. The van der Waals surface area contributed by atoms with Gasteiger partial charge in [0.05, 0.1) is 17.0 Å². The van der Waals surface area contributed by atoms with E-state index < -0.39 is 33.8 Å². The van der Waals surface area contributed by atoms with Crippen molar-refractivity contribution in [1.29, 1.82) is 0 Å². The zero-order valence-corrected chi connectivity index (χ0v) is 20.7. The average molecular weight is 514 g/mol. The van der Waals surface area contributed by atoms with Gasteiger partial charge >= 0.3 is 12.1 Å². The number of sulfonamides is 1. The van der Waals surface area contributed by atoms with Crippen molar-refractivity contribution in [3.05, 3.63) is 65.2 Å². The van der Waals surface area contributed by atoms with Crippen LogP contribution in [-0.2, 0) is 27.6 Å². The number of hydrogen-bond donors (Lipinski definition) is 1. The lowest BCUT2D eigenvalue weighted by Crippen LogP contribution is -2.39. The standard InChI is InChI=1S/C25H30F3NO5S/c1-4-5-6-15-35(32,33)29(18(2)3)22-13-12-21(25(26,27)28)16-23(22)34-17-20-9-7-19(8-10-20)11-14-24(30)31/h7-14,16,18H,4-6,15,17H2,1-3H3,(H,30,31). The van der Waals surface area contributed by atoms with Crippen LogP contribution < -0.4 is 9.04 Å². The molecule has 0 fully saturated rings. The maximum absolute atomic E-state index is 13.4. The Bertz CT molecular complexity index is 1130. The third kappa shape index (κ3) is 8.31. The minimum Gasteiger partial charge on any atom is -0.487 e. The number of benzene rings is 2. The molecule has 0 radical (unpaired) electrons. The summed E-state index contributed by atoms with van der Waals surface area (Å²) in [6.07, 6.45) is -0.238. The number of carboxylic acids is 1. The summed E-state index contributed by atoms with van der Waals surface area (Å²) in [6, 6.07) is 8.84. The number of nitrogens with zero attached hydrogens (tertiary/aromatic N) is 1. The number of aliphatic carboxylic acids is 1. The van der Waals surface area contributed by atoms with Crippen molar-refractivity contribution in [3.63, 3.8) is 0 Å². The number of unbranched alkanes of at least 4 members (excludes halogenated alkanes) is 2. The number of hydrogen-bond acceptors (Lipinski definition) is 4. The largest absolute Gasteiger partial charge is 0.487 e. The third-order valence-electron chi connectivity index (χ3n) is 5.09. The Morgan fingerprint density at radius 1 is 1.11 bits per heavy atom. The number of anilines is 1. The lowest BCUT2D eigenvalue weighted by Gasteiger charge is -2.30. The Kier molecular flexibility index (Phi) is 9.76. The Balaban J connectivity index is 2.40. The highest BCUT2D eigenvalue weighted by Crippen LogP contribution is 2.39. The van der Waals surface area contributed by atoms with Crippen LogP contribution in [-0.4, -0.2) is 31.3 Å². The second kappa shape index (κ2) is 12.1. The van der Waals surface area contributed by atoms with Crippen LogP contribution in [0.5, 0.6) is 5.75 Å². The van der Waals surface area contributed by atoms with Crippen molar-refractivity contribution < 1.29 is 36.2 Å². The van der Waals surface area contributed by atoms with Gasteiger partial charge in [0.25, 0.3) is 0 Å². The van der Waals surface area contributed by atoms with Crippen LogP contribution in [0.3, 0.4) is 0 Å². The fraction of sp³-hybridized carbons (Fsp3) is 0.400. The molecule has 0 spiro atoms. The molecule has 0 heterocycles. The first-order valence-electron chi connectivity index (χ1n) is 11.2. The smallest absolute Gasteiger partial charge is 0.416 e. The predicted octanol–water partition coefficient (Wildman–Crippen LogP) is 6.12. The number of alkyl halides is 3. The molecule has 0 atom stereocenters. The second-order valence-corrected chi connectivity index (χ2v) is 10.3. The van der Waals surface area contributed by atoms with E-state index in [1.165, 1.54) is 6.08 Å². The highest BCUT2D eigenvalue weighted by atomic mass is 32.2. The molecule has 6 nitrogen and oxygen atoms in total. The SMILES string of the molecule is CCCCCS(=O)(=O)N(c1ccc(C(F)(F)F)cc1OCc1ccc(C=CC(=O)O)cc1)C(C)C. The van der Waals surface area contributed by atoms with Crippen molar-refractivity contribution in [2.75, 3.05) is 10.1 Å². The minimum atomic E-state index is -4.63.